The minimum Gasteiger partial charge on any atom is -0.320 e. The van der Waals surface area contributed by atoms with Crippen LogP contribution in [0, 0.1) is 24.0 Å². The molecule has 0 fully saturated rings. The van der Waals surface area contributed by atoms with Gasteiger partial charge in [-0.2, -0.15) is 0 Å². The Labute approximate surface area is 118 Å². The first kappa shape index (κ1) is 16.5. The van der Waals surface area contributed by atoms with Crippen molar-refractivity contribution < 1.29 is 13.3 Å². The van der Waals surface area contributed by atoms with Gasteiger partial charge in [0.1, 0.15) is 0 Å². The van der Waals surface area contributed by atoms with Crippen LogP contribution in [-0.4, -0.2) is 33.5 Å². The molecule has 2 N–H and O–H groups in total. The number of hydrogen-bond donors (Lipinski definition) is 2. The maximum atomic E-state index is 12.3. The summed E-state index contributed by atoms with van der Waals surface area (Å²) in [6.07, 6.45) is 0.606. The predicted molar refractivity (Wildman–Crippen MR) is 76.3 cm³/mol. The Hall–Kier alpha value is -1.51. The van der Waals surface area contributed by atoms with Crippen molar-refractivity contribution in [3.05, 3.63) is 33.4 Å². The SMILES string of the molecule is CNCCCNS(=O)(=O)c1c([N+](=O)[O-])ccc(C)c1C. The van der Waals surface area contributed by atoms with Gasteiger partial charge in [-0.1, -0.05) is 6.07 Å². The van der Waals surface area contributed by atoms with E-state index in [-0.39, 0.29) is 11.4 Å². The lowest BCUT2D eigenvalue weighted by Crippen LogP contribution is -2.28. The van der Waals surface area contributed by atoms with Gasteiger partial charge in [-0.3, -0.25) is 10.1 Å². The van der Waals surface area contributed by atoms with Crippen LogP contribution in [0.15, 0.2) is 17.0 Å². The highest BCUT2D eigenvalue weighted by Gasteiger charge is 2.28. The predicted octanol–water partition coefficient (Wildman–Crippen LogP) is 1.10. The molecule has 0 amide bonds. The van der Waals surface area contributed by atoms with Gasteiger partial charge in [-0.05, 0) is 45.0 Å². The molecule has 0 aliphatic heterocycles. The van der Waals surface area contributed by atoms with Crippen LogP contribution in [0.3, 0.4) is 0 Å². The van der Waals surface area contributed by atoms with Crippen LogP contribution in [0.25, 0.3) is 0 Å². The Morgan fingerprint density at radius 2 is 1.90 bits per heavy atom. The lowest BCUT2D eigenvalue weighted by molar-refractivity contribution is -0.387. The molecule has 0 aliphatic rings. The van der Waals surface area contributed by atoms with E-state index < -0.39 is 20.6 Å². The third-order valence-corrected chi connectivity index (χ3v) is 4.65. The van der Waals surface area contributed by atoms with Gasteiger partial charge < -0.3 is 5.32 Å². The number of rotatable bonds is 7. The first-order chi connectivity index (χ1) is 9.31. The van der Waals surface area contributed by atoms with Crippen LogP contribution in [-0.2, 0) is 10.0 Å². The highest BCUT2D eigenvalue weighted by molar-refractivity contribution is 7.89. The summed E-state index contributed by atoms with van der Waals surface area (Å²) in [6.45, 7) is 4.19. The second kappa shape index (κ2) is 6.78. The maximum Gasteiger partial charge on any atom is 0.289 e. The Balaban J connectivity index is 3.16. The van der Waals surface area contributed by atoms with Crippen molar-refractivity contribution in [2.24, 2.45) is 0 Å². The van der Waals surface area contributed by atoms with Crippen LogP contribution < -0.4 is 10.0 Å². The van der Waals surface area contributed by atoms with E-state index >= 15 is 0 Å². The molecule has 0 heterocycles. The molecule has 0 atom stereocenters. The quantitative estimate of drug-likeness (QED) is 0.446. The van der Waals surface area contributed by atoms with Gasteiger partial charge in [0.2, 0.25) is 10.0 Å². The van der Waals surface area contributed by atoms with E-state index in [0.717, 1.165) is 0 Å². The monoisotopic (exact) mass is 301 g/mol. The lowest BCUT2D eigenvalue weighted by Gasteiger charge is -2.11. The van der Waals surface area contributed by atoms with Crippen LogP contribution in [0.1, 0.15) is 17.5 Å². The van der Waals surface area contributed by atoms with Crippen molar-refractivity contribution in [1.82, 2.24) is 10.0 Å². The average molecular weight is 301 g/mol. The van der Waals surface area contributed by atoms with E-state index in [1.54, 1.807) is 27.0 Å². The molecule has 1 aromatic rings. The molecule has 7 nitrogen and oxygen atoms in total. The number of aryl methyl sites for hydroxylation is 1. The minimum absolute atomic E-state index is 0.230. The van der Waals surface area contributed by atoms with Crippen molar-refractivity contribution in [2.75, 3.05) is 20.1 Å². The van der Waals surface area contributed by atoms with Crippen molar-refractivity contribution in [3.63, 3.8) is 0 Å². The fraction of sp³-hybridized carbons (Fsp3) is 0.500. The van der Waals surface area contributed by atoms with Crippen LogP contribution >= 0.6 is 0 Å². The van der Waals surface area contributed by atoms with Gasteiger partial charge in [0.15, 0.2) is 4.90 Å². The topological polar surface area (TPSA) is 101 Å². The lowest BCUT2D eigenvalue weighted by atomic mass is 10.1. The van der Waals surface area contributed by atoms with Crippen molar-refractivity contribution in [3.8, 4) is 0 Å². The second-order valence-electron chi connectivity index (χ2n) is 4.47. The van der Waals surface area contributed by atoms with Crippen molar-refractivity contribution in [1.29, 1.82) is 0 Å². The van der Waals surface area contributed by atoms with Gasteiger partial charge in [-0.15, -0.1) is 0 Å². The summed E-state index contributed by atoms with van der Waals surface area (Å²) >= 11 is 0. The van der Waals surface area contributed by atoms with Crippen molar-refractivity contribution >= 4 is 15.7 Å². The molecule has 20 heavy (non-hydrogen) atoms. The zero-order chi connectivity index (χ0) is 15.3. The summed E-state index contributed by atoms with van der Waals surface area (Å²) in [5.74, 6) is 0. The number of nitro groups is 1. The molecule has 0 aliphatic carbocycles. The summed E-state index contributed by atoms with van der Waals surface area (Å²) < 4.78 is 26.9. The third kappa shape index (κ3) is 3.75. The first-order valence-corrected chi connectivity index (χ1v) is 7.68. The summed E-state index contributed by atoms with van der Waals surface area (Å²) in [7, 11) is -2.12. The number of nitrogens with one attached hydrogen (secondary N) is 2. The summed E-state index contributed by atoms with van der Waals surface area (Å²) in [6, 6.07) is 2.78. The highest BCUT2D eigenvalue weighted by atomic mass is 32.2. The molecular weight excluding hydrogens is 282 g/mol. The Kier molecular flexibility index (Phi) is 5.61. The van der Waals surface area contributed by atoms with E-state index in [9.17, 15) is 18.5 Å². The molecule has 0 unspecified atom stereocenters. The molecule has 1 rings (SSSR count). The standard InChI is InChI=1S/C12H19N3O4S/c1-9-5-6-11(15(16)17)12(10(9)2)20(18,19)14-8-4-7-13-3/h5-6,13-14H,4,7-8H2,1-3H3. The maximum absolute atomic E-state index is 12.3. The smallest absolute Gasteiger partial charge is 0.289 e. The molecule has 0 bridgehead atoms. The fourth-order valence-electron chi connectivity index (χ4n) is 1.80. The summed E-state index contributed by atoms with van der Waals surface area (Å²) in [4.78, 5) is 10.1. The first-order valence-electron chi connectivity index (χ1n) is 6.20. The van der Waals surface area contributed by atoms with E-state index in [0.29, 0.717) is 24.1 Å². The second-order valence-corrected chi connectivity index (χ2v) is 6.17. The fourth-order valence-corrected chi connectivity index (χ4v) is 3.34. The van der Waals surface area contributed by atoms with Crippen LogP contribution in [0.4, 0.5) is 5.69 Å². The van der Waals surface area contributed by atoms with Crippen LogP contribution in [0.2, 0.25) is 0 Å². The Bertz CT molecular complexity index is 599. The van der Waals surface area contributed by atoms with E-state index in [2.05, 4.69) is 10.0 Å². The summed E-state index contributed by atoms with van der Waals surface area (Å²) in [5.41, 5.74) is 0.709. The molecule has 0 saturated carbocycles. The molecule has 112 valence electrons. The van der Waals surface area contributed by atoms with Gasteiger partial charge in [0.05, 0.1) is 4.92 Å². The molecular formula is C12H19N3O4S. The largest absolute Gasteiger partial charge is 0.320 e. The number of nitro benzene ring substituents is 1. The minimum atomic E-state index is -3.89. The van der Waals surface area contributed by atoms with Crippen LogP contribution in [0.5, 0.6) is 0 Å². The van der Waals surface area contributed by atoms with Gasteiger partial charge >= 0.3 is 0 Å². The zero-order valence-corrected chi connectivity index (χ0v) is 12.6. The molecule has 0 spiro atoms. The molecule has 0 radical (unpaired) electrons. The number of hydrogen-bond acceptors (Lipinski definition) is 5. The van der Waals surface area contributed by atoms with E-state index in [1.165, 1.54) is 6.07 Å². The molecule has 8 heteroatoms. The molecule has 0 saturated heterocycles. The Morgan fingerprint density at radius 3 is 2.45 bits per heavy atom. The van der Waals surface area contributed by atoms with Crippen molar-refractivity contribution in [2.45, 2.75) is 25.2 Å². The number of sulfonamides is 1. The average Bonchev–Trinajstić information content (AvgIpc) is 2.37. The Morgan fingerprint density at radius 1 is 1.25 bits per heavy atom. The van der Waals surface area contributed by atoms with Gasteiger partial charge in [0.25, 0.3) is 5.69 Å². The highest BCUT2D eigenvalue weighted by Crippen LogP contribution is 2.29. The van der Waals surface area contributed by atoms with Gasteiger partial charge in [0, 0.05) is 12.6 Å². The number of nitrogens with zero attached hydrogens (tertiary/aromatic N) is 1. The molecule has 1 aromatic carbocycles. The van der Waals surface area contributed by atoms with E-state index in [1.807, 2.05) is 0 Å². The third-order valence-electron chi connectivity index (χ3n) is 3.02. The van der Waals surface area contributed by atoms with Gasteiger partial charge in [-0.25, -0.2) is 13.1 Å². The zero-order valence-electron chi connectivity index (χ0n) is 11.8. The van der Waals surface area contributed by atoms with E-state index in [4.69, 9.17) is 0 Å². The normalized spacial score (nSPS) is 11.6. The summed E-state index contributed by atoms with van der Waals surface area (Å²) in [5, 5.41) is 13.9. The molecule has 0 aromatic heterocycles. The number of benzene rings is 1.